The summed E-state index contributed by atoms with van der Waals surface area (Å²) in [6, 6.07) is 7.71. The van der Waals surface area contributed by atoms with Crippen LogP contribution in [0.4, 0.5) is 10.5 Å². The van der Waals surface area contributed by atoms with E-state index in [1.807, 2.05) is 31.2 Å². The number of urea groups is 1. The van der Waals surface area contributed by atoms with Crippen molar-refractivity contribution in [1.82, 2.24) is 10.6 Å². The van der Waals surface area contributed by atoms with Gasteiger partial charge in [0, 0.05) is 12.2 Å². The van der Waals surface area contributed by atoms with Gasteiger partial charge in [-0.15, -0.1) is 0 Å². The molecule has 0 spiro atoms. The Balaban J connectivity index is 1.67. The number of rotatable bonds is 4. The maximum absolute atomic E-state index is 11.7. The van der Waals surface area contributed by atoms with Crippen molar-refractivity contribution in [2.45, 2.75) is 26.2 Å². The number of benzene rings is 1. The molecule has 4 nitrogen and oxygen atoms in total. The van der Waals surface area contributed by atoms with E-state index in [1.54, 1.807) is 0 Å². The number of anilines is 1. The molecule has 1 heterocycles. The zero-order chi connectivity index (χ0) is 13.5. The lowest BCUT2D eigenvalue weighted by molar-refractivity contribution is 0.250. The molecular weight excluding hydrogens is 238 g/mol. The number of amides is 2. The molecule has 2 amide bonds. The van der Waals surface area contributed by atoms with Gasteiger partial charge < -0.3 is 16.0 Å². The van der Waals surface area contributed by atoms with Crippen molar-refractivity contribution in [3.8, 4) is 0 Å². The summed E-state index contributed by atoms with van der Waals surface area (Å²) >= 11 is 0. The van der Waals surface area contributed by atoms with Gasteiger partial charge in [0.2, 0.25) is 0 Å². The molecule has 19 heavy (non-hydrogen) atoms. The molecule has 0 unspecified atom stereocenters. The van der Waals surface area contributed by atoms with E-state index in [0.29, 0.717) is 0 Å². The van der Waals surface area contributed by atoms with Crippen LogP contribution >= 0.6 is 0 Å². The second-order valence-corrected chi connectivity index (χ2v) is 5.23. The smallest absolute Gasteiger partial charge is 0.319 e. The summed E-state index contributed by atoms with van der Waals surface area (Å²) in [5.41, 5.74) is 1.99. The number of nitrogens with one attached hydrogen (secondary N) is 3. The van der Waals surface area contributed by atoms with E-state index in [4.69, 9.17) is 0 Å². The highest BCUT2D eigenvalue weighted by molar-refractivity contribution is 5.89. The summed E-state index contributed by atoms with van der Waals surface area (Å²) in [5, 5.41) is 9.14. The van der Waals surface area contributed by atoms with E-state index in [-0.39, 0.29) is 6.03 Å². The topological polar surface area (TPSA) is 53.2 Å². The van der Waals surface area contributed by atoms with Crippen molar-refractivity contribution in [3.63, 3.8) is 0 Å². The first kappa shape index (κ1) is 13.9. The van der Waals surface area contributed by atoms with Gasteiger partial charge in [0.1, 0.15) is 0 Å². The second kappa shape index (κ2) is 7.14. The number of hydrogen-bond donors (Lipinski definition) is 3. The molecule has 2 rings (SSSR count). The molecule has 1 aliphatic rings. The van der Waals surface area contributed by atoms with Gasteiger partial charge in [0.15, 0.2) is 0 Å². The Morgan fingerprint density at radius 3 is 2.89 bits per heavy atom. The van der Waals surface area contributed by atoms with Gasteiger partial charge in [-0.05, 0) is 62.9 Å². The Bertz CT molecular complexity index is 414. The molecule has 1 saturated heterocycles. The molecule has 1 aromatic rings. The molecular formula is C15H23N3O. The zero-order valence-electron chi connectivity index (χ0n) is 11.5. The van der Waals surface area contributed by atoms with Gasteiger partial charge in [-0.2, -0.15) is 0 Å². The van der Waals surface area contributed by atoms with Crippen molar-refractivity contribution in [2.24, 2.45) is 5.92 Å². The third kappa shape index (κ3) is 4.91. The highest BCUT2D eigenvalue weighted by atomic mass is 16.2. The van der Waals surface area contributed by atoms with Crippen LogP contribution in [-0.2, 0) is 0 Å². The Kier molecular flexibility index (Phi) is 5.21. The van der Waals surface area contributed by atoms with E-state index in [0.717, 1.165) is 43.2 Å². The van der Waals surface area contributed by atoms with Crippen molar-refractivity contribution in [3.05, 3.63) is 29.8 Å². The van der Waals surface area contributed by atoms with Crippen molar-refractivity contribution in [1.29, 1.82) is 0 Å². The fourth-order valence-corrected chi connectivity index (χ4v) is 2.46. The average molecular weight is 261 g/mol. The highest BCUT2D eigenvalue weighted by Crippen LogP contribution is 2.14. The van der Waals surface area contributed by atoms with Crippen LogP contribution in [0.2, 0.25) is 0 Å². The fourth-order valence-electron chi connectivity index (χ4n) is 2.46. The van der Waals surface area contributed by atoms with Gasteiger partial charge in [0.05, 0.1) is 0 Å². The second-order valence-electron chi connectivity index (χ2n) is 5.23. The molecule has 4 heteroatoms. The van der Waals surface area contributed by atoms with Crippen molar-refractivity contribution < 1.29 is 4.79 Å². The molecule has 1 aromatic carbocycles. The van der Waals surface area contributed by atoms with Gasteiger partial charge in [-0.3, -0.25) is 0 Å². The summed E-state index contributed by atoms with van der Waals surface area (Å²) in [6.07, 6.45) is 3.52. The average Bonchev–Trinajstić information content (AvgIpc) is 2.40. The highest BCUT2D eigenvalue weighted by Gasteiger charge is 2.12. The third-order valence-electron chi connectivity index (χ3n) is 3.57. The number of carbonyl (C=O) groups excluding carboxylic acids is 1. The summed E-state index contributed by atoms with van der Waals surface area (Å²) in [7, 11) is 0. The maximum Gasteiger partial charge on any atom is 0.319 e. The monoisotopic (exact) mass is 261 g/mol. The number of piperidine rings is 1. The minimum atomic E-state index is -0.112. The first-order valence-electron chi connectivity index (χ1n) is 7.06. The first-order chi connectivity index (χ1) is 9.24. The Morgan fingerprint density at radius 1 is 1.37 bits per heavy atom. The number of carbonyl (C=O) groups is 1. The van der Waals surface area contributed by atoms with Crippen LogP contribution in [-0.4, -0.2) is 25.7 Å². The predicted molar refractivity (Wildman–Crippen MR) is 78.4 cm³/mol. The Hall–Kier alpha value is -1.55. The first-order valence-corrected chi connectivity index (χ1v) is 7.06. The van der Waals surface area contributed by atoms with Gasteiger partial charge in [-0.25, -0.2) is 4.79 Å². The molecule has 0 aromatic heterocycles. The van der Waals surface area contributed by atoms with Crippen LogP contribution in [0, 0.1) is 12.8 Å². The van der Waals surface area contributed by atoms with E-state index in [9.17, 15) is 4.79 Å². The SMILES string of the molecule is Cc1cccc(NC(=O)NCCC2CCNCC2)c1. The minimum absolute atomic E-state index is 0.112. The lowest BCUT2D eigenvalue weighted by atomic mass is 9.95. The van der Waals surface area contributed by atoms with E-state index < -0.39 is 0 Å². The van der Waals surface area contributed by atoms with Gasteiger partial charge in [0.25, 0.3) is 0 Å². The lowest BCUT2D eigenvalue weighted by Crippen LogP contribution is -2.33. The minimum Gasteiger partial charge on any atom is -0.338 e. The number of hydrogen-bond acceptors (Lipinski definition) is 2. The maximum atomic E-state index is 11.7. The molecule has 1 fully saturated rings. The van der Waals surface area contributed by atoms with Crippen LogP contribution in [0.3, 0.4) is 0 Å². The van der Waals surface area contributed by atoms with Crippen LogP contribution < -0.4 is 16.0 Å². The summed E-state index contributed by atoms with van der Waals surface area (Å²) in [5.74, 6) is 0.750. The van der Waals surface area contributed by atoms with Crippen LogP contribution in [0.5, 0.6) is 0 Å². The van der Waals surface area contributed by atoms with E-state index in [2.05, 4.69) is 16.0 Å². The van der Waals surface area contributed by atoms with Crippen LogP contribution in [0.1, 0.15) is 24.8 Å². The summed E-state index contributed by atoms with van der Waals surface area (Å²) in [6.45, 7) is 4.99. The van der Waals surface area contributed by atoms with Crippen molar-refractivity contribution in [2.75, 3.05) is 25.0 Å². The largest absolute Gasteiger partial charge is 0.338 e. The molecule has 0 atom stereocenters. The summed E-state index contributed by atoms with van der Waals surface area (Å²) < 4.78 is 0. The molecule has 3 N–H and O–H groups in total. The van der Waals surface area contributed by atoms with Crippen LogP contribution in [0.25, 0.3) is 0 Å². The zero-order valence-corrected chi connectivity index (χ0v) is 11.5. The molecule has 0 saturated carbocycles. The Morgan fingerprint density at radius 2 is 2.16 bits per heavy atom. The third-order valence-corrected chi connectivity index (χ3v) is 3.57. The van der Waals surface area contributed by atoms with E-state index >= 15 is 0 Å². The lowest BCUT2D eigenvalue weighted by Gasteiger charge is -2.22. The molecule has 0 bridgehead atoms. The van der Waals surface area contributed by atoms with Gasteiger partial charge >= 0.3 is 6.03 Å². The van der Waals surface area contributed by atoms with E-state index in [1.165, 1.54) is 12.8 Å². The predicted octanol–water partition coefficient (Wildman–Crippen LogP) is 2.51. The molecule has 0 aliphatic carbocycles. The van der Waals surface area contributed by atoms with Gasteiger partial charge in [-0.1, -0.05) is 12.1 Å². The van der Waals surface area contributed by atoms with Crippen molar-refractivity contribution >= 4 is 11.7 Å². The quantitative estimate of drug-likeness (QED) is 0.780. The summed E-state index contributed by atoms with van der Waals surface area (Å²) in [4.78, 5) is 11.7. The standard InChI is InChI=1S/C15H23N3O/c1-12-3-2-4-14(11-12)18-15(19)17-10-7-13-5-8-16-9-6-13/h2-4,11,13,16H,5-10H2,1H3,(H2,17,18,19). The fraction of sp³-hybridized carbons (Fsp3) is 0.533. The molecule has 1 aliphatic heterocycles. The number of aryl methyl sites for hydroxylation is 1. The molecule has 0 radical (unpaired) electrons. The van der Waals surface area contributed by atoms with Crippen LogP contribution in [0.15, 0.2) is 24.3 Å². The normalized spacial score (nSPS) is 16.1. The Labute approximate surface area is 115 Å². The molecule has 104 valence electrons.